The minimum atomic E-state index is -1.16. The predicted octanol–water partition coefficient (Wildman–Crippen LogP) is 0.678. The summed E-state index contributed by atoms with van der Waals surface area (Å²) < 4.78 is 4.94. The maximum atomic E-state index is 10.6. The molecule has 0 saturated heterocycles. The lowest BCUT2D eigenvalue weighted by atomic mass is 9.74. The van der Waals surface area contributed by atoms with E-state index in [9.17, 15) is 9.90 Å². The zero-order chi connectivity index (χ0) is 11.4. The quantitative estimate of drug-likeness (QED) is 0.630. The van der Waals surface area contributed by atoms with E-state index in [0.717, 1.165) is 0 Å². The molecule has 0 aliphatic carbocycles. The van der Waals surface area contributed by atoms with E-state index < -0.39 is 17.0 Å². The Kier molecular flexibility index (Phi) is 4.35. The van der Waals surface area contributed by atoms with Crippen LogP contribution in [-0.4, -0.2) is 42.2 Å². The number of carboxylic acid groups (broad SMARTS) is 1. The van der Waals surface area contributed by atoms with Gasteiger partial charge in [0.1, 0.15) is 0 Å². The number of carbonyl (C=O) groups is 1. The van der Waals surface area contributed by atoms with Gasteiger partial charge in [0.05, 0.1) is 18.8 Å². The summed E-state index contributed by atoms with van der Waals surface area (Å²) in [6.45, 7) is 5.38. The first-order chi connectivity index (χ1) is 6.29. The average molecular weight is 205 g/mol. The molecule has 0 fully saturated rings. The zero-order valence-electron chi connectivity index (χ0n) is 9.13. The first kappa shape index (κ1) is 13.2. The Labute approximate surface area is 84.1 Å². The van der Waals surface area contributed by atoms with Crippen molar-refractivity contribution in [2.75, 3.05) is 20.3 Å². The van der Waals surface area contributed by atoms with Gasteiger partial charge in [0.15, 0.2) is 0 Å². The molecule has 0 aliphatic heterocycles. The second-order valence-corrected chi connectivity index (χ2v) is 4.35. The lowest BCUT2D eigenvalue weighted by Gasteiger charge is -2.42. The van der Waals surface area contributed by atoms with Gasteiger partial charge >= 0.3 is 6.09 Å². The van der Waals surface area contributed by atoms with E-state index in [-0.39, 0.29) is 13.2 Å². The molecule has 0 aromatic rings. The number of ether oxygens (including phenoxy) is 1. The largest absolute Gasteiger partial charge is 0.465 e. The summed E-state index contributed by atoms with van der Waals surface area (Å²) in [6.07, 6.45) is -1.16. The van der Waals surface area contributed by atoms with E-state index in [1.165, 1.54) is 7.11 Å². The summed E-state index contributed by atoms with van der Waals surface area (Å²) in [4.78, 5) is 10.6. The summed E-state index contributed by atoms with van der Waals surface area (Å²) in [5, 5.41) is 20.3. The van der Waals surface area contributed by atoms with Gasteiger partial charge < -0.3 is 20.3 Å². The monoisotopic (exact) mass is 205 g/mol. The summed E-state index contributed by atoms with van der Waals surface area (Å²) in [5.41, 5.74) is -1.39. The molecule has 1 amide bonds. The summed E-state index contributed by atoms with van der Waals surface area (Å²) in [7, 11) is 1.47. The van der Waals surface area contributed by atoms with Gasteiger partial charge in [-0.15, -0.1) is 0 Å². The number of aliphatic hydroxyl groups excluding tert-OH is 1. The maximum Gasteiger partial charge on any atom is 0.405 e. The molecule has 5 nitrogen and oxygen atoms in total. The normalized spacial score (nSPS) is 16.1. The van der Waals surface area contributed by atoms with Crippen molar-refractivity contribution in [3.05, 3.63) is 0 Å². The Morgan fingerprint density at radius 2 is 1.93 bits per heavy atom. The third-order valence-corrected chi connectivity index (χ3v) is 2.44. The smallest absolute Gasteiger partial charge is 0.405 e. The molecule has 0 radical (unpaired) electrons. The Balaban J connectivity index is 4.87. The lowest BCUT2D eigenvalue weighted by Crippen LogP contribution is -2.62. The second-order valence-electron chi connectivity index (χ2n) is 4.35. The fourth-order valence-corrected chi connectivity index (χ4v) is 1.21. The molecule has 84 valence electrons. The van der Waals surface area contributed by atoms with Crippen molar-refractivity contribution in [3.8, 4) is 0 Å². The molecule has 3 N–H and O–H groups in total. The number of nitrogens with one attached hydrogen (secondary N) is 1. The van der Waals surface area contributed by atoms with Crippen LogP contribution in [0, 0.1) is 5.41 Å². The van der Waals surface area contributed by atoms with Crippen LogP contribution in [0.25, 0.3) is 0 Å². The average Bonchev–Trinajstić information content (AvgIpc) is 2.00. The molecule has 0 unspecified atom stereocenters. The first-order valence-corrected chi connectivity index (χ1v) is 4.40. The van der Waals surface area contributed by atoms with Crippen LogP contribution in [0.2, 0.25) is 0 Å². The van der Waals surface area contributed by atoms with E-state index in [0.29, 0.717) is 0 Å². The van der Waals surface area contributed by atoms with E-state index in [1.807, 2.05) is 20.8 Å². The molecule has 0 saturated carbocycles. The van der Waals surface area contributed by atoms with Gasteiger partial charge in [0.2, 0.25) is 0 Å². The van der Waals surface area contributed by atoms with Gasteiger partial charge in [-0.05, 0) is 5.41 Å². The fourth-order valence-electron chi connectivity index (χ4n) is 1.21. The maximum absolute atomic E-state index is 10.6. The molecule has 0 aromatic heterocycles. The van der Waals surface area contributed by atoms with E-state index >= 15 is 0 Å². The predicted molar refractivity (Wildman–Crippen MR) is 52.3 cm³/mol. The van der Waals surface area contributed by atoms with Gasteiger partial charge in [-0.1, -0.05) is 20.8 Å². The molecule has 0 aromatic carbocycles. The van der Waals surface area contributed by atoms with Crippen LogP contribution in [0.4, 0.5) is 4.79 Å². The SMILES string of the molecule is COC[C@](CO)(NC(=O)O)C(C)(C)C. The van der Waals surface area contributed by atoms with Crippen molar-refractivity contribution in [1.29, 1.82) is 0 Å². The van der Waals surface area contributed by atoms with E-state index in [2.05, 4.69) is 5.32 Å². The number of hydrogen-bond donors (Lipinski definition) is 3. The first-order valence-electron chi connectivity index (χ1n) is 4.40. The Morgan fingerprint density at radius 3 is 2.14 bits per heavy atom. The van der Waals surface area contributed by atoms with Crippen LogP contribution >= 0.6 is 0 Å². The molecular weight excluding hydrogens is 186 g/mol. The molecule has 0 bridgehead atoms. The molecule has 0 heterocycles. The van der Waals surface area contributed by atoms with Crippen molar-refractivity contribution in [2.45, 2.75) is 26.3 Å². The summed E-state index contributed by atoms with van der Waals surface area (Å²) >= 11 is 0. The van der Waals surface area contributed by atoms with Gasteiger partial charge in [-0.3, -0.25) is 0 Å². The highest BCUT2D eigenvalue weighted by molar-refractivity contribution is 5.66. The van der Waals surface area contributed by atoms with Crippen LogP contribution in [0.5, 0.6) is 0 Å². The number of rotatable bonds is 4. The minimum Gasteiger partial charge on any atom is -0.465 e. The van der Waals surface area contributed by atoms with Crippen LogP contribution in [0.15, 0.2) is 0 Å². The van der Waals surface area contributed by atoms with Crippen LogP contribution in [0.1, 0.15) is 20.8 Å². The van der Waals surface area contributed by atoms with Gasteiger partial charge in [0.25, 0.3) is 0 Å². The molecule has 0 aliphatic rings. The van der Waals surface area contributed by atoms with Gasteiger partial charge in [-0.25, -0.2) is 4.79 Å². The summed E-state index contributed by atoms with van der Waals surface area (Å²) in [6, 6.07) is 0. The van der Waals surface area contributed by atoms with Crippen molar-refractivity contribution >= 4 is 6.09 Å². The standard InChI is InChI=1S/C9H19NO4/c1-8(2,3)9(5-11,6-14-4)10-7(12)13/h10-11H,5-6H2,1-4H3,(H,12,13)/t9-/m0/s1. The highest BCUT2D eigenvalue weighted by Gasteiger charge is 2.43. The highest BCUT2D eigenvalue weighted by atomic mass is 16.5. The Morgan fingerprint density at radius 1 is 1.43 bits per heavy atom. The van der Waals surface area contributed by atoms with Crippen molar-refractivity contribution < 1.29 is 19.7 Å². The molecule has 14 heavy (non-hydrogen) atoms. The van der Waals surface area contributed by atoms with Crippen molar-refractivity contribution in [3.63, 3.8) is 0 Å². The van der Waals surface area contributed by atoms with Crippen LogP contribution in [0.3, 0.4) is 0 Å². The topological polar surface area (TPSA) is 78.8 Å². The van der Waals surface area contributed by atoms with Gasteiger partial charge in [-0.2, -0.15) is 0 Å². The second kappa shape index (κ2) is 4.61. The molecular formula is C9H19NO4. The van der Waals surface area contributed by atoms with Gasteiger partial charge in [0, 0.05) is 7.11 Å². The van der Waals surface area contributed by atoms with E-state index in [1.54, 1.807) is 0 Å². The Hall–Kier alpha value is -0.810. The lowest BCUT2D eigenvalue weighted by molar-refractivity contribution is -0.00343. The summed E-state index contributed by atoms with van der Waals surface area (Å²) in [5.74, 6) is 0. The van der Waals surface area contributed by atoms with Crippen molar-refractivity contribution in [1.82, 2.24) is 5.32 Å². The fraction of sp³-hybridized carbons (Fsp3) is 0.889. The minimum absolute atomic E-state index is 0.138. The zero-order valence-corrected chi connectivity index (χ0v) is 9.13. The van der Waals surface area contributed by atoms with Crippen molar-refractivity contribution in [2.24, 2.45) is 5.41 Å². The molecule has 1 atom stereocenters. The molecule has 0 spiro atoms. The third kappa shape index (κ3) is 2.85. The Bertz CT molecular complexity index is 199. The van der Waals surface area contributed by atoms with Crippen LogP contribution < -0.4 is 5.32 Å². The van der Waals surface area contributed by atoms with Crippen LogP contribution in [-0.2, 0) is 4.74 Å². The highest BCUT2D eigenvalue weighted by Crippen LogP contribution is 2.30. The number of hydrogen-bond acceptors (Lipinski definition) is 3. The molecule has 5 heteroatoms. The van der Waals surface area contributed by atoms with E-state index in [4.69, 9.17) is 9.84 Å². The third-order valence-electron chi connectivity index (χ3n) is 2.44. The number of amides is 1. The number of methoxy groups -OCH3 is 1. The number of aliphatic hydroxyl groups is 1. The molecule has 0 rings (SSSR count).